The van der Waals surface area contributed by atoms with Gasteiger partial charge >= 0.3 is 5.97 Å². The van der Waals surface area contributed by atoms with Gasteiger partial charge in [0.1, 0.15) is 0 Å². The summed E-state index contributed by atoms with van der Waals surface area (Å²) >= 11 is 13.7. The van der Waals surface area contributed by atoms with Crippen LogP contribution in [0.1, 0.15) is 38.5 Å². The number of carboxylic acid groups (broad SMARTS) is 1. The third-order valence-corrected chi connectivity index (χ3v) is 4.59. The molecule has 0 atom stereocenters. The first-order valence-corrected chi connectivity index (χ1v) is 8.02. The van der Waals surface area contributed by atoms with Crippen molar-refractivity contribution in [2.75, 3.05) is 11.6 Å². The largest absolute Gasteiger partial charge is 0.481 e. The summed E-state index contributed by atoms with van der Waals surface area (Å²) in [6.07, 6.45) is 6.89. The van der Waals surface area contributed by atoms with Crippen LogP contribution in [-0.2, 0) is 4.79 Å². The molecule has 0 aliphatic heterocycles. The van der Waals surface area contributed by atoms with Crippen molar-refractivity contribution in [3.8, 4) is 0 Å². The molecule has 0 bridgehead atoms. The number of rotatable bonds is 8. The molecule has 0 unspecified atom stereocenters. The standard InChI is InChI=1S/C13H18Cl2O2S/c14-9-10-5-6-11(15)8-12(10)18-7-3-1-2-4-13(16)17/h8H,1-7,9H2,(H,16,17). The molecular weight excluding hydrogens is 291 g/mol. The van der Waals surface area contributed by atoms with E-state index in [1.807, 2.05) is 6.08 Å². The number of thioether (sulfide) groups is 1. The quantitative estimate of drug-likeness (QED) is 0.518. The van der Waals surface area contributed by atoms with Crippen LogP contribution in [0.3, 0.4) is 0 Å². The van der Waals surface area contributed by atoms with E-state index in [-0.39, 0.29) is 6.42 Å². The Kier molecular flexibility index (Phi) is 7.87. The maximum absolute atomic E-state index is 10.3. The molecule has 1 aliphatic carbocycles. The number of alkyl halides is 1. The van der Waals surface area contributed by atoms with Crippen LogP contribution in [0.2, 0.25) is 0 Å². The highest BCUT2D eigenvalue weighted by Crippen LogP contribution is 2.33. The van der Waals surface area contributed by atoms with Crippen molar-refractivity contribution in [1.29, 1.82) is 0 Å². The van der Waals surface area contributed by atoms with E-state index in [1.165, 1.54) is 10.5 Å². The Morgan fingerprint density at radius 3 is 2.78 bits per heavy atom. The Balaban J connectivity index is 2.25. The first kappa shape index (κ1) is 15.9. The molecule has 1 aliphatic rings. The third-order valence-electron chi connectivity index (χ3n) is 2.76. The molecule has 1 rings (SSSR count). The SMILES string of the molecule is O=C(O)CCCCCSC1=C(CCl)CCC(Cl)=C1. The Morgan fingerprint density at radius 1 is 1.33 bits per heavy atom. The molecule has 0 aromatic heterocycles. The zero-order valence-corrected chi connectivity index (χ0v) is 12.6. The first-order valence-electron chi connectivity index (χ1n) is 6.12. The molecule has 0 amide bonds. The fourth-order valence-electron chi connectivity index (χ4n) is 1.72. The van der Waals surface area contributed by atoms with Crippen LogP contribution in [0.15, 0.2) is 21.6 Å². The molecule has 102 valence electrons. The highest BCUT2D eigenvalue weighted by molar-refractivity contribution is 8.03. The van der Waals surface area contributed by atoms with Gasteiger partial charge in [-0.15, -0.1) is 23.4 Å². The van der Waals surface area contributed by atoms with Crippen molar-refractivity contribution in [2.24, 2.45) is 0 Å². The van der Waals surface area contributed by atoms with Crippen LogP contribution < -0.4 is 0 Å². The maximum atomic E-state index is 10.3. The molecule has 0 radical (unpaired) electrons. The van der Waals surface area contributed by atoms with Gasteiger partial charge in [-0.1, -0.05) is 18.0 Å². The highest BCUT2D eigenvalue weighted by Gasteiger charge is 2.11. The number of aliphatic carboxylic acids is 1. The van der Waals surface area contributed by atoms with Gasteiger partial charge in [0.05, 0.1) is 0 Å². The van der Waals surface area contributed by atoms with Gasteiger partial charge in [-0.25, -0.2) is 0 Å². The van der Waals surface area contributed by atoms with Crippen molar-refractivity contribution in [3.63, 3.8) is 0 Å². The minimum atomic E-state index is -0.711. The third kappa shape index (κ3) is 6.17. The number of halogens is 2. The summed E-state index contributed by atoms with van der Waals surface area (Å²) < 4.78 is 0. The average Bonchev–Trinajstić information content (AvgIpc) is 2.33. The summed E-state index contributed by atoms with van der Waals surface area (Å²) in [5, 5.41) is 9.42. The Morgan fingerprint density at radius 2 is 2.11 bits per heavy atom. The summed E-state index contributed by atoms with van der Waals surface area (Å²) in [4.78, 5) is 11.6. The lowest BCUT2D eigenvalue weighted by atomic mass is 10.1. The van der Waals surface area contributed by atoms with E-state index in [4.69, 9.17) is 28.3 Å². The Labute approximate surface area is 122 Å². The van der Waals surface area contributed by atoms with E-state index in [0.29, 0.717) is 5.88 Å². The van der Waals surface area contributed by atoms with Gasteiger partial charge in [0.15, 0.2) is 0 Å². The minimum absolute atomic E-state index is 0.270. The molecule has 0 saturated carbocycles. The lowest BCUT2D eigenvalue weighted by molar-refractivity contribution is -0.137. The molecular formula is C13H18Cl2O2S. The fourth-order valence-corrected chi connectivity index (χ4v) is 3.52. The molecule has 0 spiro atoms. The summed E-state index contributed by atoms with van der Waals surface area (Å²) in [5.41, 5.74) is 1.27. The van der Waals surface area contributed by atoms with Gasteiger partial charge in [-0.3, -0.25) is 4.79 Å². The van der Waals surface area contributed by atoms with E-state index < -0.39 is 5.97 Å². The molecule has 0 aromatic carbocycles. The molecule has 0 aromatic rings. The van der Waals surface area contributed by atoms with E-state index >= 15 is 0 Å². The van der Waals surface area contributed by atoms with Gasteiger partial charge in [0.2, 0.25) is 0 Å². The number of carboxylic acids is 1. The molecule has 0 fully saturated rings. The number of allylic oxidation sites excluding steroid dienone is 3. The normalized spacial score (nSPS) is 15.8. The van der Waals surface area contributed by atoms with Crippen molar-refractivity contribution in [1.82, 2.24) is 0 Å². The topological polar surface area (TPSA) is 37.3 Å². The van der Waals surface area contributed by atoms with Crippen LogP contribution in [0, 0.1) is 0 Å². The van der Waals surface area contributed by atoms with Gasteiger partial charge < -0.3 is 5.11 Å². The molecule has 2 nitrogen and oxygen atoms in total. The predicted molar refractivity (Wildman–Crippen MR) is 79.5 cm³/mol. The summed E-state index contributed by atoms with van der Waals surface area (Å²) in [6.45, 7) is 0. The Bertz CT molecular complexity index is 351. The van der Waals surface area contributed by atoms with Crippen LogP contribution in [0.4, 0.5) is 0 Å². The number of unbranched alkanes of at least 4 members (excludes halogenated alkanes) is 2. The van der Waals surface area contributed by atoms with E-state index in [1.54, 1.807) is 11.8 Å². The zero-order valence-electron chi connectivity index (χ0n) is 10.3. The number of hydrogen-bond donors (Lipinski definition) is 1. The number of carbonyl (C=O) groups is 1. The average molecular weight is 309 g/mol. The summed E-state index contributed by atoms with van der Waals surface area (Å²) in [7, 11) is 0. The van der Waals surface area contributed by atoms with E-state index in [9.17, 15) is 4.79 Å². The van der Waals surface area contributed by atoms with Crippen LogP contribution in [0.25, 0.3) is 0 Å². The van der Waals surface area contributed by atoms with Gasteiger partial charge in [0, 0.05) is 22.2 Å². The maximum Gasteiger partial charge on any atom is 0.303 e. The molecule has 1 N–H and O–H groups in total. The molecule has 0 heterocycles. The second-order valence-electron chi connectivity index (χ2n) is 4.25. The molecule has 18 heavy (non-hydrogen) atoms. The summed E-state index contributed by atoms with van der Waals surface area (Å²) in [6, 6.07) is 0. The van der Waals surface area contributed by atoms with Crippen molar-refractivity contribution in [3.05, 3.63) is 21.6 Å². The Hall–Kier alpha value is -0.120. The number of hydrogen-bond acceptors (Lipinski definition) is 2. The highest BCUT2D eigenvalue weighted by atomic mass is 35.5. The second-order valence-corrected chi connectivity index (χ2v) is 6.13. The minimum Gasteiger partial charge on any atom is -0.481 e. The van der Waals surface area contributed by atoms with E-state index in [0.717, 1.165) is 42.9 Å². The monoisotopic (exact) mass is 308 g/mol. The van der Waals surface area contributed by atoms with E-state index in [2.05, 4.69) is 0 Å². The molecule has 5 heteroatoms. The lowest BCUT2D eigenvalue weighted by Gasteiger charge is -2.15. The van der Waals surface area contributed by atoms with Crippen molar-refractivity contribution < 1.29 is 9.90 Å². The fraction of sp³-hybridized carbons (Fsp3) is 0.615. The molecule has 0 saturated heterocycles. The second kappa shape index (κ2) is 8.89. The van der Waals surface area contributed by atoms with Crippen LogP contribution in [0.5, 0.6) is 0 Å². The zero-order chi connectivity index (χ0) is 13.4. The van der Waals surface area contributed by atoms with Crippen molar-refractivity contribution >= 4 is 40.9 Å². The predicted octanol–water partition coefficient (Wildman–Crippen LogP) is 4.77. The van der Waals surface area contributed by atoms with Gasteiger partial charge in [-0.2, -0.15) is 0 Å². The van der Waals surface area contributed by atoms with Gasteiger partial charge in [0.25, 0.3) is 0 Å². The smallest absolute Gasteiger partial charge is 0.303 e. The summed E-state index contributed by atoms with van der Waals surface area (Å²) in [5.74, 6) is 0.856. The van der Waals surface area contributed by atoms with Gasteiger partial charge in [-0.05, 0) is 43.1 Å². The van der Waals surface area contributed by atoms with Crippen LogP contribution in [-0.4, -0.2) is 22.7 Å². The lowest BCUT2D eigenvalue weighted by Crippen LogP contribution is -1.97. The van der Waals surface area contributed by atoms with Crippen molar-refractivity contribution in [2.45, 2.75) is 38.5 Å². The van der Waals surface area contributed by atoms with Crippen LogP contribution >= 0.6 is 35.0 Å². The first-order chi connectivity index (χ1) is 8.63.